The number of hydrogen-bond acceptors (Lipinski definition) is 8. The number of H-pyrrole nitrogens is 2. The average molecular weight is 799 g/mol. The number of nitrogens with zero attached hydrogens (tertiary/aromatic N) is 5. The Bertz CT molecular complexity index is 2240. The smallest absolute Gasteiger partial charge is 0.407 e. The lowest BCUT2D eigenvalue weighted by molar-refractivity contribution is -0.138. The van der Waals surface area contributed by atoms with Crippen LogP contribution in [0.5, 0.6) is 0 Å². The van der Waals surface area contributed by atoms with Crippen molar-refractivity contribution >= 4 is 17.9 Å². The molecule has 0 unspecified atom stereocenters. The van der Waals surface area contributed by atoms with E-state index in [0.717, 1.165) is 76.5 Å². The van der Waals surface area contributed by atoms with E-state index in [1.54, 1.807) is 0 Å². The van der Waals surface area contributed by atoms with Crippen LogP contribution in [0.25, 0.3) is 33.6 Å². The van der Waals surface area contributed by atoms with Crippen LogP contribution in [-0.4, -0.2) is 105 Å². The molecule has 3 saturated heterocycles. The minimum absolute atomic E-state index is 0.0541. The van der Waals surface area contributed by atoms with Gasteiger partial charge in [0.15, 0.2) is 0 Å². The van der Waals surface area contributed by atoms with Crippen LogP contribution in [0.1, 0.15) is 81.3 Å². The van der Waals surface area contributed by atoms with Gasteiger partial charge in [-0.2, -0.15) is 0 Å². The normalized spacial score (nSPS) is 21.4. The molecular weight excluding hydrogens is 745 g/mol. The van der Waals surface area contributed by atoms with E-state index in [1.165, 1.54) is 7.11 Å². The van der Waals surface area contributed by atoms with Gasteiger partial charge in [0, 0.05) is 19.6 Å². The fourth-order valence-corrected chi connectivity index (χ4v) is 9.10. The maximum absolute atomic E-state index is 14.4. The largest absolute Gasteiger partial charge is 0.453 e. The van der Waals surface area contributed by atoms with Gasteiger partial charge in [0.25, 0.3) is 0 Å². The Morgan fingerprint density at radius 2 is 1.41 bits per heavy atom. The van der Waals surface area contributed by atoms with Crippen molar-refractivity contribution in [2.45, 2.75) is 75.7 Å². The number of likely N-dealkylation sites (N-methyl/N-ethyl adjacent to an activating group) is 1. The number of rotatable bonds is 11. The number of ether oxygens (including phenoxy) is 2. The molecule has 5 aromatic rings. The molecule has 5 atom stereocenters. The molecule has 0 saturated carbocycles. The molecule has 0 radical (unpaired) electrons. The molecular formula is C46H54N8O5. The fraction of sp³-hybridized carbons (Fsp3) is 0.413. The van der Waals surface area contributed by atoms with Crippen molar-refractivity contribution in [2.24, 2.45) is 5.92 Å². The number of benzene rings is 3. The van der Waals surface area contributed by atoms with E-state index in [4.69, 9.17) is 19.4 Å². The van der Waals surface area contributed by atoms with Crippen LogP contribution < -0.4 is 5.32 Å². The van der Waals surface area contributed by atoms with Crippen molar-refractivity contribution in [3.05, 3.63) is 108 Å². The highest BCUT2D eigenvalue weighted by atomic mass is 16.5. The molecule has 5 heterocycles. The molecule has 0 aliphatic carbocycles. The molecule has 3 N–H and O–H groups in total. The molecule has 3 amide bonds. The first-order valence-corrected chi connectivity index (χ1v) is 20.7. The minimum Gasteiger partial charge on any atom is -0.453 e. The van der Waals surface area contributed by atoms with Gasteiger partial charge in [0.05, 0.1) is 55.1 Å². The number of alkyl carbamates (subject to hydrolysis) is 1. The lowest BCUT2D eigenvalue weighted by Crippen LogP contribution is -2.51. The van der Waals surface area contributed by atoms with Gasteiger partial charge in [-0.05, 0) is 73.5 Å². The number of imidazole rings is 2. The summed E-state index contributed by atoms with van der Waals surface area (Å²) in [5.41, 5.74) is 6.53. The van der Waals surface area contributed by atoms with Crippen molar-refractivity contribution in [1.82, 2.24) is 40.0 Å². The van der Waals surface area contributed by atoms with Crippen LogP contribution in [0.3, 0.4) is 0 Å². The quantitative estimate of drug-likeness (QED) is 0.126. The molecule has 3 fully saturated rings. The number of aromatic nitrogens is 4. The molecule has 2 aromatic heterocycles. The Morgan fingerprint density at radius 1 is 0.814 bits per heavy atom. The fourth-order valence-electron chi connectivity index (χ4n) is 9.10. The Hall–Kier alpha value is -5.79. The molecule has 1 spiro atoms. The number of amides is 3. The monoisotopic (exact) mass is 798 g/mol. The second-order valence-corrected chi connectivity index (χ2v) is 16.7. The predicted octanol–water partition coefficient (Wildman–Crippen LogP) is 7.30. The van der Waals surface area contributed by atoms with Gasteiger partial charge in [-0.3, -0.25) is 14.5 Å². The zero-order valence-corrected chi connectivity index (χ0v) is 34.5. The van der Waals surface area contributed by atoms with E-state index in [2.05, 4.69) is 63.8 Å². The van der Waals surface area contributed by atoms with E-state index in [9.17, 15) is 14.4 Å². The summed E-state index contributed by atoms with van der Waals surface area (Å²) in [6, 6.07) is 25.2. The Labute approximate surface area is 345 Å². The summed E-state index contributed by atoms with van der Waals surface area (Å²) >= 11 is 0. The second kappa shape index (κ2) is 16.8. The SMILES string of the molecule is COC(=O)N[C@H](C(=O)N1CCC[C@H]1c1ncc(-c2ccc(-c3ccc(-c4cnc([C@@H]5C[C@@]6(CCCO6)CN5C(=O)[C@H](c5ccccc5)N(C)C)[nH]4)cc3)cc2)[nH]1)C(C)C. The van der Waals surface area contributed by atoms with Crippen molar-refractivity contribution in [3.8, 4) is 33.6 Å². The van der Waals surface area contributed by atoms with Crippen LogP contribution >= 0.6 is 0 Å². The maximum Gasteiger partial charge on any atom is 0.407 e. The summed E-state index contributed by atoms with van der Waals surface area (Å²) in [4.78, 5) is 62.3. The van der Waals surface area contributed by atoms with Gasteiger partial charge in [-0.25, -0.2) is 14.8 Å². The van der Waals surface area contributed by atoms with Crippen molar-refractivity contribution in [3.63, 3.8) is 0 Å². The van der Waals surface area contributed by atoms with Gasteiger partial charge in [0.2, 0.25) is 11.8 Å². The molecule has 8 rings (SSSR count). The number of carbonyl (C=O) groups is 3. The third kappa shape index (κ3) is 8.13. The predicted molar refractivity (Wildman–Crippen MR) is 225 cm³/mol. The van der Waals surface area contributed by atoms with Crippen LogP contribution in [0.4, 0.5) is 4.79 Å². The average Bonchev–Trinajstić information content (AvgIpc) is 4.11. The number of aromatic amines is 2. The highest BCUT2D eigenvalue weighted by Gasteiger charge is 2.51. The highest BCUT2D eigenvalue weighted by molar-refractivity contribution is 5.86. The second-order valence-electron chi connectivity index (χ2n) is 16.7. The van der Waals surface area contributed by atoms with E-state index in [1.807, 2.05) is 85.4 Å². The van der Waals surface area contributed by atoms with Crippen molar-refractivity contribution in [2.75, 3.05) is 40.9 Å². The summed E-state index contributed by atoms with van der Waals surface area (Å²) in [6.07, 6.45) is 7.35. The third-order valence-electron chi connectivity index (χ3n) is 12.2. The highest BCUT2D eigenvalue weighted by Crippen LogP contribution is 2.46. The molecule has 13 heteroatoms. The van der Waals surface area contributed by atoms with Gasteiger partial charge in [-0.1, -0.05) is 92.7 Å². The van der Waals surface area contributed by atoms with Crippen molar-refractivity contribution in [1.29, 1.82) is 0 Å². The number of carbonyl (C=O) groups excluding carboxylic acids is 3. The first-order valence-electron chi connectivity index (χ1n) is 20.7. The van der Waals surface area contributed by atoms with Crippen LogP contribution in [-0.2, 0) is 19.1 Å². The lowest BCUT2D eigenvalue weighted by atomic mass is 9.96. The molecule has 3 aliphatic rings. The van der Waals surface area contributed by atoms with E-state index in [-0.39, 0.29) is 35.4 Å². The van der Waals surface area contributed by atoms with Crippen LogP contribution in [0.15, 0.2) is 91.3 Å². The molecule has 3 aliphatic heterocycles. The van der Waals surface area contributed by atoms with Crippen molar-refractivity contribution < 1.29 is 23.9 Å². The maximum atomic E-state index is 14.4. The zero-order valence-electron chi connectivity index (χ0n) is 34.5. The molecule has 308 valence electrons. The first kappa shape index (κ1) is 40.0. The number of methoxy groups -OCH3 is 1. The van der Waals surface area contributed by atoms with Crippen LogP contribution in [0, 0.1) is 5.92 Å². The van der Waals surface area contributed by atoms with E-state index in [0.29, 0.717) is 26.1 Å². The topological polar surface area (TPSA) is 149 Å². The standard InChI is InChI=1S/C46H54N8O5/c1-29(2)39(51-45(57)58-5)43(55)53-23-9-13-37(53)41-47-26-35(49-41)32-18-14-30(15-19-32)31-16-20-33(21-17-31)36-27-48-42(50-36)38-25-46(22-10-24-59-46)28-54(38)44(56)40(52(3)4)34-11-7-6-8-12-34/h6-8,11-12,14-21,26-27,29,37-40H,9-10,13,22-25,28H2,1-5H3,(H,47,49)(H,48,50)(H,51,57)/t37-,38-,39-,40-,46-/m0/s1. The van der Waals surface area contributed by atoms with Gasteiger partial charge >= 0.3 is 6.09 Å². The summed E-state index contributed by atoms with van der Waals surface area (Å²) in [5.74, 6) is 1.33. The summed E-state index contributed by atoms with van der Waals surface area (Å²) < 4.78 is 11.1. The zero-order chi connectivity index (χ0) is 41.3. The molecule has 59 heavy (non-hydrogen) atoms. The van der Waals surface area contributed by atoms with Gasteiger partial charge in [-0.15, -0.1) is 0 Å². The summed E-state index contributed by atoms with van der Waals surface area (Å²) in [6.45, 7) is 5.68. The van der Waals surface area contributed by atoms with Gasteiger partial charge in [0.1, 0.15) is 23.7 Å². The lowest BCUT2D eigenvalue weighted by Gasteiger charge is -2.32. The Morgan fingerprint density at radius 3 is 1.95 bits per heavy atom. The summed E-state index contributed by atoms with van der Waals surface area (Å²) in [7, 11) is 5.20. The van der Waals surface area contributed by atoms with E-state index >= 15 is 0 Å². The summed E-state index contributed by atoms with van der Waals surface area (Å²) in [5, 5.41) is 2.71. The third-order valence-corrected chi connectivity index (χ3v) is 12.2. The minimum atomic E-state index is -0.683. The van der Waals surface area contributed by atoms with E-state index < -0.39 is 18.2 Å². The number of hydrogen-bond donors (Lipinski definition) is 3. The van der Waals surface area contributed by atoms with Crippen LogP contribution in [0.2, 0.25) is 0 Å². The van der Waals surface area contributed by atoms with Gasteiger partial charge < -0.3 is 34.6 Å². The number of likely N-dealkylation sites (tertiary alicyclic amines) is 2. The Balaban J connectivity index is 0.953. The Kier molecular flexibility index (Phi) is 11.4. The molecule has 3 aromatic carbocycles. The molecule has 13 nitrogen and oxygen atoms in total. The first-order chi connectivity index (χ1) is 28.5. The molecule has 0 bridgehead atoms. The number of nitrogens with one attached hydrogen (secondary N) is 3.